The highest BCUT2D eigenvalue weighted by Crippen LogP contribution is 2.26. The summed E-state index contributed by atoms with van der Waals surface area (Å²) >= 11 is 0. The maximum absolute atomic E-state index is 13.9. The van der Waals surface area contributed by atoms with E-state index in [1.54, 1.807) is 43.3 Å². The smallest absolute Gasteiger partial charge is 0.264 e. The molecule has 8 nitrogen and oxygen atoms in total. The molecule has 1 N–H and O–H groups in total. The predicted octanol–water partition coefficient (Wildman–Crippen LogP) is 4.53. The number of hydrogen-bond acceptors (Lipinski definition) is 5. The molecule has 9 heteroatoms. The van der Waals surface area contributed by atoms with E-state index in [9.17, 15) is 18.0 Å². The first-order valence-electron chi connectivity index (χ1n) is 12.9. The Morgan fingerprint density at radius 1 is 0.923 bits per heavy atom. The van der Waals surface area contributed by atoms with Gasteiger partial charge in [0.05, 0.1) is 17.7 Å². The highest BCUT2D eigenvalue weighted by atomic mass is 32.2. The molecule has 0 heterocycles. The van der Waals surface area contributed by atoms with E-state index in [0.29, 0.717) is 11.4 Å². The van der Waals surface area contributed by atoms with Gasteiger partial charge in [-0.15, -0.1) is 0 Å². The van der Waals surface area contributed by atoms with Gasteiger partial charge in [-0.1, -0.05) is 55.0 Å². The van der Waals surface area contributed by atoms with Crippen molar-refractivity contribution in [2.45, 2.75) is 57.6 Å². The zero-order chi connectivity index (χ0) is 28.6. The van der Waals surface area contributed by atoms with Crippen LogP contribution in [0, 0.1) is 6.92 Å². The van der Waals surface area contributed by atoms with Crippen molar-refractivity contribution in [2.75, 3.05) is 18.0 Å². The first kappa shape index (κ1) is 29.7. The normalized spacial score (nSPS) is 12.7. The molecule has 0 bridgehead atoms. The van der Waals surface area contributed by atoms with Gasteiger partial charge in [-0.25, -0.2) is 8.42 Å². The number of nitrogens with one attached hydrogen (secondary N) is 1. The van der Waals surface area contributed by atoms with E-state index < -0.39 is 28.5 Å². The van der Waals surface area contributed by atoms with Crippen molar-refractivity contribution in [1.82, 2.24) is 10.2 Å². The van der Waals surface area contributed by atoms with Gasteiger partial charge >= 0.3 is 0 Å². The van der Waals surface area contributed by atoms with Crippen LogP contribution >= 0.6 is 0 Å². The molecule has 0 spiro atoms. The summed E-state index contributed by atoms with van der Waals surface area (Å²) in [5, 5.41) is 2.93. The number of sulfonamides is 1. The van der Waals surface area contributed by atoms with Gasteiger partial charge in [0, 0.05) is 12.6 Å². The Labute approximate surface area is 231 Å². The molecule has 2 amide bonds. The molecule has 0 aromatic heterocycles. The van der Waals surface area contributed by atoms with E-state index in [1.807, 2.05) is 51.1 Å². The fraction of sp³-hybridized carbons (Fsp3) is 0.333. The summed E-state index contributed by atoms with van der Waals surface area (Å²) in [6.45, 7) is 7.05. The minimum atomic E-state index is -4.12. The summed E-state index contributed by atoms with van der Waals surface area (Å²) in [4.78, 5) is 28.5. The second-order valence-corrected chi connectivity index (χ2v) is 11.4. The third-order valence-electron chi connectivity index (χ3n) is 6.61. The molecular weight excluding hydrogens is 514 g/mol. The number of ether oxygens (including phenoxy) is 1. The topological polar surface area (TPSA) is 96.0 Å². The number of nitrogens with zero attached hydrogens (tertiary/aromatic N) is 2. The summed E-state index contributed by atoms with van der Waals surface area (Å²) in [5.74, 6) is -0.248. The molecule has 2 atom stereocenters. The highest BCUT2D eigenvalue weighted by Gasteiger charge is 2.32. The van der Waals surface area contributed by atoms with Gasteiger partial charge < -0.3 is 15.0 Å². The maximum atomic E-state index is 13.9. The van der Waals surface area contributed by atoms with Crippen molar-refractivity contribution in [1.29, 1.82) is 0 Å². The van der Waals surface area contributed by atoms with E-state index >= 15 is 0 Å². The monoisotopic (exact) mass is 551 g/mol. The zero-order valence-corrected chi connectivity index (χ0v) is 23.9. The van der Waals surface area contributed by atoms with Crippen LogP contribution in [0.15, 0.2) is 83.8 Å². The minimum Gasteiger partial charge on any atom is -0.497 e. The Morgan fingerprint density at radius 2 is 1.54 bits per heavy atom. The molecule has 0 unspecified atom stereocenters. The van der Waals surface area contributed by atoms with Gasteiger partial charge in [0.1, 0.15) is 18.3 Å². The third-order valence-corrected chi connectivity index (χ3v) is 8.40. The lowest BCUT2D eigenvalue weighted by Gasteiger charge is -2.32. The molecule has 0 saturated heterocycles. The van der Waals surface area contributed by atoms with Crippen LogP contribution in [0.2, 0.25) is 0 Å². The first-order chi connectivity index (χ1) is 18.6. The molecule has 0 aliphatic rings. The van der Waals surface area contributed by atoms with Gasteiger partial charge in [-0.2, -0.15) is 0 Å². The van der Waals surface area contributed by atoms with Crippen molar-refractivity contribution >= 4 is 27.5 Å². The number of aryl methyl sites for hydroxylation is 1. The van der Waals surface area contributed by atoms with Crippen LogP contribution in [0.5, 0.6) is 5.75 Å². The molecule has 3 aromatic rings. The number of anilines is 1. The Balaban J connectivity index is 2.01. The number of amides is 2. The zero-order valence-electron chi connectivity index (χ0n) is 23.1. The standard InChI is InChI=1S/C30H37N3O5S/c1-6-23(3)31-30(35)24(4)32(20-25-10-8-7-9-11-25)29(34)21-33(26-14-16-27(38-5)17-15-26)39(36,37)28-18-12-22(2)13-19-28/h7-19,23-24H,6,20-21H2,1-5H3,(H,31,35)/t23-,24-/m0/s1. The molecule has 3 aromatic carbocycles. The Bertz CT molecular complexity index is 1340. The lowest BCUT2D eigenvalue weighted by Crippen LogP contribution is -2.52. The lowest BCUT2D eigenvalue weighted by molar-refractivity contribution is -0.139. The average molecular weight is 552 g/mol. The Kier molecular flexibility index (Phi) is 10.1. The average Bonchev–Trinajstić information content (AvgIpc) is 2.94. The van der Waals surface area contributed by atoms with Gasteiger partial charge in [0.2, 0.25) is 11.8 Å². The van der Waals surface area contributed by atoms with Crippen LogP contribution in [-0.4, -0.2) is 50.9 Å². The van der Waals surface area contributed by atoms with Crippen LogP contribution in [0.1, 0.15) is 38.3 Å². The van der Waals surface area contributed by atoms with Gasteiger partial charge in [-0.3, -0.25) is 13.9 Å². The van der Waals surface area contributed by atoms with Gasteiger partial charge in [0.15, 0.2) is 0 Å². The summed E-state index contributed by atoms with van der Waals surface area (Å²) in [6, 6.07) is 21.4. The number of carbonyl (C=O) groups excluding carboxylic acids is 2. The van der Waals surface area contributed by atoms with Crippen molar-refractivity contribution in [3.05, 3.63) is 90.0 Å². The second-order valence-electron chi connectivity index (χ2n) is 9.52. The highest BCUT2D eigenvalue weighted by molar-refractivity contribution is 7.92. The molecule has 3 rings (SSSR count). The van der Waals surface area contributed by atoms with Crippen LogP contribution in [0.3, 0.4) is 0 Å². The Hall–Kier alpha value is -3.85. The van der Waals surface area contributed by atoms with Crippen molar-refractivity contribution in [3.8, 4) is 5.75 Å². The molecule has 208 valence electrons. The molecule has 0 radical (unpaired) electrons. The molecular formula is C30H37N3O5S. The summed E-state index contributed by atoms with van der Waals surface area (Å²) < 4.78 is 34.0. The van der Waals surface area contributed by atoms with E-state index in [-0.39, 0.29) is 23.4 Å². The van der Waals surface area contributed by atoms with Gasteiger partial charge in [-0.05, 0) is 69.2 Å². The van der Waals surface area contributed by atoms with Crippen molar-refractivity contribution < 1.29 is 22.7 Å². The fourth-order valence-corrected chi connectivity index (χ4v) is 5.36. The van der Waals surface area contributed by atoms with E-state index in [4.69, 9.17) is 4.74 Å². The summed E-state index contributed by atoms with van der Waals surface area (Å²) in [7, 11) is -2.60. The van der Waals surface area contributed by atoms with Crippen molar-refractivity contribution in [2.24, 2.45) is 0 Å². The molecule has 0 fully saturated rings. The number of rotatable bonds is 12. The Morgan fingerprint density at radius 3 is 2.10 bits per heavy atom. The predicted molar refractivity (Wildman–Crippen MR) is 153 cm³/mol. The summed E-state index contributed by atoms with van der Waals surface area (Å²) in [5.41, 5.74) is 2.05. The second kappa shape index (κ2) is 13.3. The number of hydrogen-bond donors (Lipinski definition) is 1. The lowest BCUT2D eigenvalue weighted by atomic mass is 10.1. The number of benzene rings is 3. The molecule has 0 saturated carbocycles. The maximum Gasteiger partial charge on any atom is 0.264 e. The quantitative estimate of drug-likeness (QED) is 0.357. The largest absolute Gasteiger partial charge is 0.497 e. The van der Waals surface area contributed by atoms with Crippen LogP contribution in [0.25, 0.3) is 0 Å². The number of carbonyl (C=O) groups is 2. The number of methoxy groups -OCH3 is 1. The molecule has 39 heavy (non-hydrogen) atoms. The van der Waals surface area contributed by atoms with E-state index in [1.165, 1.54) is 24.1 Å². The van der Waals surface area contributed by atoms with Crippen LogP contribution < -0.4 is 14.4 Å². The fourth-order valence-electron chi connectivity index (χ4n) is 3.94. The van der Waals surface area contributed by atoms with E-state index in [2.05, 4.69) is 5.32 Å². The molecule has 0 aliphatic heterocycles. The SMILES string of the molecule is CC[C@H](C)NC(=O)[C@H](C)N(Cc1ccccc1)C(=O)CN(c1ccc(OC)cc1)S(=O)(=O)c1ccc(C)cc1. The third kappa shape index (κ3) is 7.60. The van der Waals surface area contributed by atoms with Gasteiger partial charge in [0.25, 0.3) is 10.0 Å². The van der Waals surface area contributed by atoms with E-state index in [0.717, 1.165) is 21.9 Å². The van der Waals surface area contributed by atoms with Crippen molar-refractivity contribution in [3.63, 3.8) is 0 Å². The molecule has 0 aliphatic carbocycles. The first-order valence-corrected chi connectivity index (χ1v) is 14.4. The van der Waals surface area contributed by atoms with Crippen LogP contribution in [-0.2, 0) is 26.2 Å². The minimum absolute atomic E-state index is 0.0636. The summed E-state index contributed by atoms with van der Waals surface area (Å²) in [6.07, 6.45) is 0.741. The van der Waals surface area contributed by atoms with Crippen LogP contribution in [0.4, 0.5) is 5.69 Å².